The minimum Gasteiger partial charge on any atom is -0.389 e. The molecule has 19 heavy (non-hydrogen) atoms. The summed E-state index contributed by atoms with van der Waals surface area (Å²) in [5.74, 6) is -0.821. The molecule has 0 bridgehead atoms. The fraction of sp³-hybridized carbons (Fsp3) is 0.500. The first-order valence-corrected chi connectivity index (χ1v) is 6.65. The van der Waals surface area contributed by atoms with Crippen molar-refractivity contribution in [3.8, 4) is 0 Å². The van der Waals surface area contributed by atoms with Crippen molar-refractivity contribution in [1.82, 2.24) is 4.90 Å². The maximum atomic E-state index is 11.8. The minimum atomic E-state index is -0.865. The fourth-order valence-electron chi connectivity index (χ4n) is 1.73. The molecule has 0 aliphatic carbocycles. The Hall–Kier alpha value is -1.44. The van der Waals surface area contributed by atoms with E-state index < -0.39 is 11.5 Å². The van der Waals surface area contributed by atoms with E-state index in [1.807, 2.05) is 0 Å². The summed E-state index contributed by atoms with van der Waals surface area (Å²) in [6.07, 6.45) is 0. The van der Waals surface area contributed by atoms with Crippen molar-refractivity contribution in [3.05, 3.63) is 17.0 Å². The molecular formula is C12H19N3O3S. The second-order valence-corrected chi connectivity index (χ2v) is 5.98. The Morgan fingerprint density at radius 1 is 1.53 bits per heavy atom. The van der Waals surface area contributed by atoms with Gasteiger partial charge in [0, 0.05) is 6.54 Å². The number of aliphatic hydroxyl groups is 1. The Bertz CT molecular complexity index is 465. The van der Waals surface area contributed by atoms with Gasteiger partial charge in [0.05, 0.1) is 17.7 Å². The highest BCUT2D eigenvalue weighted by Crippen LogP contribution is 2.22. The Balaban J connectivity index is 2.56. The van der Waals surface area contributed by atoms with Gasteiger partial charge in [-0.1, -0.05) is 0 Å². The highest BCUT2D eigenvalue weighted by Gasteiger charge is 2.18. The van der Waals surface area contributed by atoms with Crippen LogP contribution in [0.3, 0.4) is 0 Å². The van der Waals surface area contributed by atoms with Crippen LogP contribution in [0.5, 0.6) is 0 Å². The highest BCUT2D eigenvalue weighted by atomic mass is 32.1. The predicted molar refractivity (Wildman–Crippen MR) is 75.3 cm³/mol. The zero-order valence-corrected chi connectivity index (χ0v) is 12.1. The Labute approximate surface area is 116 Å². The van der Waals surface area contributed by atoms with Gasteiger partial charge in [0.2, 0.25) is 5.91 Å². The lowest BCUT2D eigenvalue weighted by molar-refractivity contribution is -0.117. The lowest BCUT2D eigenvalue weighted by Crippen LogP contribution is -2.40. The molecule has 1 aromatic rings. The lowest BCUT2D eigenvalue weighted by atomic mass is 10.1. The molecule has 0 aliphatic heterocycles. The van der Waals surface area contributed by atoms with Crippen molar-refractivity contribution in [3.63, 3.8) is 0 Å². The zero-order chi connectivity index (χ0) is 14.6. The average molecular weight is 285 g/mol. The second kappa shape index (κ2) is 6.14. The number of anilines is 1. The zero-order valence-electron chi connectivity index (χ0n) is 11.3. The third-order valence-corrected chi connectivity index (χ3v) is 3.08. The largest absolute Gasteiger partial charge is 0.389 e. The number of carbonyl (C=O) groups excluding carboxylic acids is 2. The van der Waals surface area contributed by atoms with E-state index in [1.54, 1.807) is 37.2 Å². The van der Waals surface area contributed by atoms with E-state index in [9.17, 15) is 14.7 Å². The molecule has 0 saturated heterocycles. The summed E-state index contributed by atoms with van der Waals surface area (Å²) < 4.78 is 0. The van der Waals surface area contributed by atoms with Crippen molar-refractivity contribution in [2.75, 3.05) is 25.5 Å². The summed E-state index contributed by atoms with van der Waals surface area (Å²) in [5.41, 5.74) is 4.64. The highest BCUT2D eigenvalue weighted by molar-refractivity contribution is 7.14. The Morgan fingerprint density at radius 2 is 2.16 bits per heavy atom. The van der Waals surface area contributed by atoms with Crippen LogP contribution in [-0.2, 0) is 4.79 Å². The maximum absolute atomic E-state index is 11.8. The Morgan fingerprint density at radius 3 is 2.68 bits per heavy atom. The first-order chi connectivity index (χ1) is 8.69. The van der Waals surface area contributed by atoms with Gasteiger partial charge in [-0.25, -0.2) is 0 Å². The van der Waals surface area contributed by atoms with Crippen LogP contribution in [0, 0.1) is 0 Å². The summed E-state index contributed by atoms with van der Waals surface area (Å²) in [5, 5.41) is 14.4. The third kappa shape index (κ3) is 5.37. The van der Waals surface area contributed by atoms with E-state index in [4.69, 9.17) is 5.73 Å². The number of hydrogen-bond acceptors (Lipinski definition) is 5. The number of thiophene rings is 1. The summed E-state index contributed by atoms with van der Waals surface area (Å²) in [7, 11) is 1.74. The molecule has 7 heteroatoms. The van der Waals surface area contributed by atoms with Crippen LogP contribution in [0.15, 0.2) is 11.4 Å². The van der Waals surface area contributed by atoms with E-state index >= 15 is 0 Å². The molecule has 0 unspecified atom stereocenters. The van der Waals surface area contributed by atoms with Gasteiger partial charge in [-0.05, 0) is 32.3 Å². The van der Waals surface area contributed by atoms with Gasteiger partial charge in [-0.2, -0.15) is 0 Å². The van der Waals surface area contributed by atoms with Gasteiger partial charge in [0.25, 0.3) is 5.91 Å². The first kappa shape index (κ1) is 15.6. The summed E-state index contributed by atoms with van der Waals surface area (Å²) in [6, 6.07) is 1.57. The van der Waals surface area contributed by atoms with Gasteiger partial charge < -0.3 is 16.2 Å². The molecule has 106 valence electrons. The monoisotopic (exact) mass is 285 g/mol. The lowest BCUT2D eigenvalue weighted by Gasteiger charge is -2.24. The second-order valence-electron chi connectivity index (χ2n) is 5.06. The average Bonchev–Trinajstić information content (AvgIpc) is 2.61. The van der Waals surface area contributed by atoms with E-state index in [0.29, 0.717) is 17.1 Å². The standard InChI is InChI=1S/C12H19N3O3S/c1-12(2,18)7-15(3)6-9(16)14-11-8(10(13)17)4-5-19-11/h4-5,18H,6-7H2,1-3H3,(H2,13,17)(H,14,16). The molecule has 1 heterocycles. The number of hydrogen-bond donors (Lipinski definition) is 3. The van der Waals surface area contributed by atoms with Crippen LogP contribution in [0.4, 0.5) is 5.00 Å². The summed E-state index contributed by atoms with van der Waals surface area (Å²) in [4.78, 5) is 24.6. The Kier molecular flexibility index (Phi) is 5.04. The van der Waals surface area contributed by atoms with Crippen LogP contribution in [0.1, 0.15) is 24.2 Å². The molecule has 0 aliphatic rings. The normalized spacial score (nSPS) is 11.6. The van der Waals surface area contributed by atoms with Gasteiger partial charge in [0.1, 0.15) is 5.00 Å². The maximum Gasteiger partial charge on any atom is 0.251 e. The molecule has 4 N–H and O–H groups in total. The molecule has 0 atom stereocenters. The van der Waals surface area contributed by atoms with Gasteiger partial charge in [-0.3, -0.25) is 14.5 Å². The van der Waals surface area contributed by atoms with Crippen LogP contribution in [-0.4, -0.2) is 47.6 Å². The quantitative estimate of drug-likeness (QED) is 0.708. The number of rotatable bonds is 6. The number of amides is 2. The number of carbonyl (C=O) groups is 2. The van der Waals surface area contributed by atoms with Crippen molar-refractivity contribution in [2.24, 2.45) is 5.73 Å². The molecule has 1 rings (SSSR count). The number of nitrogens with zero attached hydrogens (tertiary/aromatic N) is 1. The molecule has 0 saturated carbocycles. The van der Waals surface area contributed by atoms with Gasteiger partial charge in [0.15, 0.2) is 0 Å². The molecule has 0 fully saturated rings. The summed E-state index contributed by atoms with van der Waals surface area (Å²) in [6.45, 7) is 3.84. The fourth-order valence-corrected chi connectivity index (χ4v) is 2.54. The molecule has 0 spiro atoms. The molecule has 0 aromatic carbocycles. The minimum absolute atomic E-state index is 0.125. The molecule has 2 amide bonds. The number of nitrogens with one attached hydrogen (secondary N) is 1. The van der Waals surface area contributed by atoms with Crippen molar-refractivity contribution < 1.29 is 14.7 Å². The topological polar surface area (TPSA) is 95.7 Å². The van der Waals surface area contributed by atoms with E-state index in [2.05, 4.69) is 5.32 Å². The van der Waals surface area contributed by atoms with E-state index in [-0.39, 0.29) is 12.5 Å². The molecule has 1 aromatic heterocycles. The van der Waals surface area contributed by atoms with Crippen LogP contribution in [0.25, 0.3) is 0 Å². The van der Waals surface area contributed by atoms with Crippen molar-refractivity contribution >= 4 is 28.2 Å². The number of primary amides is 1. The van der Waals surface area contributed by atoms with Gasteiger partial charge >= 0.3 is 0 Å². The first-order valence-electron chi connectivity index (χ1n) is 5.77. The summed E-state index contributed by atoms with van der Waals surface area (Å²) >= 11 is 1.25. The number of nitrogens with two attached hydrogens (primary N) is 1. The van der Waals surface area contributed by atoms with Crippen molar-refractivity contribution in [2.45, 2.75) is 19.4 Å². The molecular weight excluding hydrogens is 266 g/mol. The SMILES string of the molecule is CN(CC(=O)Nc1sccc1C(N)=O)CC(C)(C)O. The number of likely N-dealkylation sites (N-methyl/N-ethyl adjacent to an activating group) is 1. The van der Waals surface area contributed by atoms with Gasteiger partial charge in [-0.15, -0.1) is 11.3 Å². The van der Waals surface area contributed by atoms with E-state index in [1.165, 1.54) is 11.3 Å². The third-order valence-electron chi connectivity index (χ3n) is 2.25. The molecule has 0 radical (unpaired) electrons. The molecule has 6 nitrogen and oxygen atoms in total. The smallest absolute Gasteiger partial charge is 0.251 e. The van der Waals surface area contributed by atoms with E-state index in [0.717, 1.165) is 0 Å². The van der Waals surface area contributed by atoms with Crippen molar-refractivity contribution in [1.29, 1.82) is 0 Å². The predicted octanol–water partition coefficient (Wildman–Crippen LogP) is 0.488. The van der Waals surface area contributed by atoms with Crippen LogP contribution >= 0.6 is 11.3 Å². The van der Waals surface area contributed by atoms with Crippen LogP contribution in [0.2, 0.25) is 0 Å². The van der Waals surface area contributed by atoms with Crippen LogP contribution < -0.4 is 11.1 Å².